The van der Waals surface area contributed by atoms with Gasteiger partial charge in [-0.1, -0.05) is 6.92 Å². The van der Waals surface area contributed by atoms with Crippen molar-refractivity contribution in [1.82, 2.24) is 5.32 Å². The Hall–Kier alpha value is -1.20. The van der Waals surface area contributed by atoms with Gasteiger partial charge in [0.15, 0.2) is 0 Å². The Kier molecular flexibility index (Phi) is 4.64. The van der Waals surface area contributed by atoms with Gasteiger partial charge in [-0.05, 0) is 39.8 Å². The van der Waals surface area contributed by atoms with Crippen LogP contribution in [0.4, 0.5) is 0 Å². The highest BCUT2D eigenvalue weighted by Gasteiger charge is 2.19. The highest BCUT2D eigenvalue weighted by Crippen LogP contribution is 2.28. The van der Waals surface area contributed by atoms with Gasteiger partial charge in [0.2, 0.25) is 0 Å². The molecule has 0 saturated carbocycles. The van der Waals surface area contributed by atoms with Crippen molar-refractivity contribution >= 4 is 0 Å². The summed E-state index contributed by atoms with van der Waals surface area (Å²) in [6, 6.07) is 0.287. The van der Waals surface area contributed by atoms with E-state index in [1.807, 2.05) is 20.8 Å². The zero-order chi connectivity index (χ0) is 12.1. The van der Waals surface area contributed by atoms with Gasteiger partial charge in [0.25, 0.3) is 0 Å². The van der Waals surface area contributed by atoms with E-state index in [2.05, 4.69) is 31.0 Å². The molecule has 0 spiro atoms. The first-order valence-corrected chi connectivity index (χ1v) is 5.81. The predicted molar refractivity (Wildman–Crippen MR) is 67.4 cm³/mol. The average molecular weight is 219 g/mol. The van der Waals surface area contributed by atoms with Crippen molar-refractivity contribution < 1.29 is 4.42 Å². The summed E-state index contributed by atoms with van der Waals surface area (Å²) >= 11 is 0. The number of nitrogens with one attached hydrogen (secondary N) is 1. The molecule has 0 bridgehead atoms. The van der Waals surface area contributed by atoms with E-state index in [1.54, 1.807) is 0 Å². The van der Waals surface area contributed by atoms with Gasteiger partial charge in [-0.15, -0.1) is 11.8 Å². The normalized spacial score (nSPS) is 12.1. The summed E-state index contributed by atoms with van der Waals surface area (Å²) in [6.45, 7) is 11.1. The average Bonchev–Trinajstić information content (AvgIpc) is 2.49. The van der Waals surface area contributed by atoms with Crippen molar-refractivity contribution in [3.05, 3.63) is 22.6 Å². The fourth-order valence-electron chi connectivity index (χ4n) is 2.05. The van der Waals surface area contributed by atoms with Gasteiger partial charge >= 0.3 is 0 Å². The summed E-state index contributed by atoms with van der Waals surface area (Å²) in [4.78, 5) is 0. The molecule has 2 nitrogen and oxygen atoms in total. The van der Waals surface area contributed by atoms with Gasteiger partial charge in [0.05, 0.1) is 0 Å². The van der Waals surface area contributed by atoms with Gasteiger partial charge in [0, 0.05) is 18.0 Å². The lowest BCUT2D eigenvalue weighted by molar-refractivity contribution is 0.487. The predicted octanol–water partition coefficient (Wildman–Crippen LogP) is 3.27. The first-order valence-electron chi connectivity index (χ1n) is 5.81. The van der Waals surface area contributed by atoms with Crippen LogP contribution in [-0.2, 0) is 0 Å². The molecule has 0 saturated heterocycles. The third-order valence-electron chi connectivity index (χ3n) is 2.90. The first kappa shape index (κ1) is 12.9. The van der Waals surface area contributed by atoms with Gasteiger partial charge in [-0.3, -0.25) is 0 Å². The molecule has 0 aliphatic carbocycles. The molecular weight excluding hydrogens is 198 g/mol. The van der Waals surface area contributed by atoms with Gasteiger partial charge in [-0.25, -0.2) is 0 Å². The minimum atomic E-state index is 0.287. The minimum Gasteiger partial charge on any atom is -0.466 e. The lowest BCUT2D eigenvalue weighted by atomic mass is 9.99. The lowest BCUT2D eigenvalue weighted by Crippen LogP contribution is -2.21. The van der Waals surface area contributed by atoms with Crippen molar-refractivity contribution in [2.24, 2.45) is 0 Å². The summed E-state index contributed by atoms with van der Waals surface area (Å²) in [5.41, 5.74) is 2.53. The standard InChI is InChI=1S/C14H21NO/c1-6-8-9-13(15-7-2)14-10(3)11(4)16-12(14)5/h13,15H,7,9H2,1-5H3. The summed E-state index contributed by atoms with van der Waals surface area (Å²) in [7, 11) is 0. The van der Waals surface area contributed by atoms with Crippen LogP contribution in [0.5, 0.6) is 0 Å². The molecule has 16 heavy (non-hydrogen) atoms. The Morgan fingerprint density at radius 2 is 1.94 bits per heavy atom. The maximum Gasteiger partial charge on any atom is 0.106 e. The van der Waals surface area contributed by atoms with Crippen molar-refractivity contribution in [2.45, 2.75) is 47.1 Å². The van der Waals surface area contributed by atoms with Crippen molar-refractivity contribution in [2.75, 3.05) is 6.54 Å². The molecule has 0 fully saturated rings. The Morgan fingerprint density at radius 3 is 2.38 bits per heavy atom. The Balaban J connectivity index is 3.02. The molecule has 1 aromatic rings. The van der Waals surface area contributed by atoms with E-state index in [0.717, 1.165) is 24.5 Å². The van der Waals surface area contributed by atoms with Crippen LogP contribution in [0.2, 0.25) is 0 Å². The summed E-state index contributed by atoms with van der Waals surface area (Å²) < 4.78 is 5.66. The third kappa shape index (κ3) is 2.68. The van der Waals surface area contributed by atoms with Crippen LogP contribution in [-0.4, -0.2) is 6.54 Å². The maximum atomic E-state index is 5.66. The molecule has 0 aromatic carbocycles. The number of aryl methyl sites for hydroxylation is 2. The van der Waals surface area contributed by atoms with Crippen LogP contribution in [0.15, 0.2) is 4.42 Å². The maximum absolute atomic E-state index is 5.66. The molecule has 0 aliphatic rings. The van der Waals surface area contributed by atoms with Crippen molar-refractivity contribution in [1.29, 1.82) is 0 Å². The van der Waals surface area contributed by atoms with Gasteiger partial charge in [0.1, 0.15) is 11.5 Å². The summed E-state index contributed by atoms with van der Waals surface area (Å²) in [6.07, 6.45) is 0.838. The Labute approximate surface area is 98.4 Å². The molecule has 0 amide bonds. The largest absolute Gasteiger partial charge is 0.466 e. The van der Waals surface area contributed by atoms with E-state index in [1.165, 1.54) is 11.1 Å². The molecule has 1 aromatic heterocycles. The molecule has 88 valence electrons. The van der Waals surface area contributed by atoms with Crippen LogP contribution in [0.25, 0.3) is 0 Å². The van der Waals surface area contributed by atoms with Gasteiger partial charge in [-0.2, -0.15) is 0 Å². The molecule has 1 unspecified atom stereocenters. The molecule has 1 N–H and O–H groups in total. The molecule has 0 aliphatic heterocycles. The first-order chi connectivity index (χ1) is 7.61. The molecule has 1 rings (SSSR count). The van der Waals surface area contributed by atoms with E-state index < -0.39 is 0 Å². The zero-order valence-electron chi connectivity index (χ0n) is 10.9. The molecule has 1 atom stereocenters. The van der Waals surface area contributed by atoms with Crippen LogP contribution in [0, 0.1) is 32.6 Å². The van der Waals surface area contributed by atoms with E-state index in [0.29, 0.717) is 0 Å². The molecule has 0 radical (unpaired) electrons. The van der Waals surface area contributed by atoms with Crippen LogP contribution in [0.3, 0.4) is 0 Å². The van der Waals surface area contributed by atoms with Crippen LogP contribution < -0.4 is 5.32 Å². The smallest absolute Gasteiger partial charge is 0.106 e. The Morgan fingerprint density at radius 1 is 1.25 bits per heavy atom. The summed E-state index contributed by atoms with van der Waals surface area (Å²) in [5.74, 6) is 8.12. The van der Waals surface area contributed by atoms with Crippen molar-refractivity contribution in [3.8, 4) is 11.8 Å². The second-order valence-electron chi connectivity index (χ2n) is 3.99. The number of rotatable bonds is 4. The monoisotopic (exact) mass is 219 g/mol. The number of furan rings is 1. The quantitative estimate of drug-likeness (QED) is 0.786. The van der Waals surface area contributed by atoms with E-state index >= 15 is 0 Å². The molecular formula is C14H21NO. The number of hydrogen-bond donors (Lipinski definition) is 1. The van der Waals surface area contributed by atoms with E-state index in [4.69, 9.17) is 4.42 Å². The zero-order valence-corrected chi connectivity index (χ0v) is 10.9. The topological polar surface area (TPSA) is 25.2 Å². The van der Waals surface area contributed by atoms with Crippen LogP contribution >= 0.6 is 0 Å². The highest BCUT2D eigenvalue weighted by molar-refractivity contribution is 5.35. The van der Waals surface area contributed by atoms with Crippen LogP contribution in [0.1, 0.15) is 49.0 Å². The fraction of sp³-hybridized carbons (Fsp3) is 0.571. The minimum absolute atomic E-state index is 0.287. The lowest BCUT2D eigenvalue weighted by Gasteiger charge is -2.15. The second-order valence-corrected chi connectivity index (χ2v) is 3.99. The van der Waals surface area contributed by atoms with Crippen molar-refractivity contribution in [3.63, 3.8) is 0 Å². The Bertz CT molecular complexity index is 406. The second kappa shape index (κ2) is 5.77. The fourth-order valence-corrected chi connectivity index (χ4v) is 2.05. The molecule has 1 heterocycles. The SMILES string of the molecule is CC#CCC(NCC)c1c(C)oc(C)c1C. The third-order valence-corrected chi connectivity index (χ3v) is 2.90. The summed E-state index contributed by atoms with van der Waals surface area (Å²) in [5, 5.41) is 3.47. The number of hydrogen-bond acceptors (Lipinski definition) is 2. The highest BCUT2D eigenvalue weighted by atomic mass is 16.3. The van der Waals surface area contributed by atoms with E-state index in [-0.39, 0.29) is 6.04 Å². The van der Waals surface area contributed by atoms with Gasteiger partial charge < -0.3 is 9.73 Å². The molecule has 2 heteroatoms. The van der Waals surface area contributed by atoms with E-state index in [9.17, 15) is 0 Å².